The molecule has 0 aromatic heterocycles. The molecule has 0 N–H and O–H groups in total. The maximum atomic E-state index is 11.0. The zero-order chi connectivity index (χ0) is 9.14. The summed E-state index contributed by atoms with van der Waals surface area (Å²) in [6.45, 7) is 1.77. The summed E-state index contributed by atoms with van der Waals surface area (Å²) in [5, 5.41) is 8.67. The van der Waals surface area contributed by atoms with Gasteiger partial charge in [0, 0.05) is 5.92 Å². The SMILES string of the molecule is COC1=NC(=O)C(C)CC1C#N. The average Bonchev–Trinajstić information content (AvgIpc) is 2.09. The van der Waals surface area contributed by atoms with E-state index in [2.05, 4.69) is 4.99 Å². The molecule has 0 aromatic carbocycles. The predicted octanol–water partition coefficient (Wildman–Crippen LogP) is 0.737. The zero-order valence-electron chi connectivity index (χ0n) is 7.07. The number of hydrogen-bond donors (Lipinski definition) is 0. The molecule has 2 unspecified atom stereocenters. The Bertz CT molecular complexity index is 265. The first kappa shape index (κ1) is 8.72. The second-order valence-electron chi connectivity index (χ2n) is 2.81. The van der Waals surface area contributed by atoms with Crippen molar-refractivity contribution in [2.75, 3.05) is 7.11 Å². The van der Waals surface area contributed by atoms with Gasteiger partial charge in [-0.3, -0.25) is 4.79 Å². The molecule has 0 spiro atoms. The van der Waals surface area contributed by atoms with Crippen LogP contribution in [0.15, 0.2) is 4.99 Å². The van der Waals surface area contributed by atoms with Crippen molar-refractivity contribution in [3.63, 3.8) is 0 Å². The van der Waals surface area contributed by atoms with Crippen molar-refractivity contribution in [1.82, 2.24) is 0 Å². The van der Waals surface area contributed by atoms with E-state index in [9.17, 15) is 4.79 Å². The summed E-state index contributed by atoms with van der Waals surface area (Å²) in [5.41, 5.74) is 0. The van der Waals surface area contributed by atoms with Crippen LogP contribution in [-0.2, 0) is 9.53 Å². The zero-order valence-corrected chi connectivity index (χ0v) is 7.07. The topological polar surface area (TPSA) is 62.4 Å². The first-order chi connectivity index (χ1) is 5.69. The molecule has 1 amide bonds. The first-order valence-corrected chi connectivity index (χ1v) is 3.75. The minimum Gasteiger partial charge on any atom is -0.483 e. The molecular weight excluding hydrogens is 156 g/mol. The van der Waals surface area contributed by atoms with E-state index in [0.29, 0.717) is 6.42 Å². The summed E-state index contributed by atoms with van der Waals surface area (Å²) in [4.78, 5) is 14.7. The van der Waals surface area contributed by atoms with E-state index in [0.717, 1.165) is 0 Å². The van der Waals surface area contributed by atoms with E-state index in [1.807, 2.05) is 6.07 Å². The maximum absolute atomic E-state index is 11.0. The number of nitriles is 1. The summed E-state index contributed by atoms with van der Waals surface area (Å²) in [7, 11) is 1.42. The maximum Gasteiger partial charge on any atom is 0.251 e. The Morgan fingerprint density at radius 3 is 2.92 bits per heavy atom. The van der Waals surface area contributed by atoms with Crippen LogP contribution >= 0.6 is 0 Å². The molecule has 0 saturated heterocycles. The number of amides is 1. The van der Waals surface area contributed by atoms with Crippen molar-refractivity contribution in [1.29, 1.82) is 5.26 Å². The van der Waals surface area contributed by atoms with Gasteiger partial charge in [0.25, 0.3) is 5.91 Å². The predicted molar refractivity (Wildman–Crippen MR) is 42.3 cm³/mol. The Morgan fingerprint density at radius 1 is 1.75 bits per heavy atom. The van der Waals surface area contributed by atoms with E-state index in [-0.39, 0.29) is 23.6 Å². The molecule has 0 radical (unpaired) electrons. The van der Waals surface area contributed by atoms with Gasteiger partial charge in [-0.15, -0.1) is 0 Å². The van der Waals surface area contributed by atoms with Crippen molar-refractivity contribution >= 4 is 11.8 Å². The highest BCUT2D eigenvalue weighted by molar-refractivity contribution is 5.97. The van der Waals surface area contributed by atoms with E-state index in [4.69, 9.17) is 10.00 Å². The highest BCUT2D eigenvalue weighted by atomic mass is 16.5. The van der Waals surface area contributed by atoms with Crippen LogP contribution in [0.1, 0.15) is 13.3 Å². The van der Waals surface area contributed by atoms with Gasteiger partial charge in [-0.05, 0) is 6.42 Å². The van der Waals surface area contributed by atoms with Crippen molar-refractivity contribution in [3.05, 3.63) is 0 Å². The Kier molecular flexibility index (Phi) is 2.44. The highest BCUT2D eigenvalue weighted by Gasteiger charge is 2.29. The fourth-order valence-corrected chi connectivity index (χ4v) is 1.15. The third kappa shape index (κ3) is 1.45. The molecule has 0 saturated carbocycles. The molecule has 4 heteroatoms. The number of ether oxygens (including phenoxy) is 1. The molecule has 64 valence electrons. The lowest BCUT2D eigenvalue weighted by molar-refractivity contribution is -0.122. The third-order valence-corrected chi connectivity index (χ3v) is 1.89. The monoisotopic (exact) mass is 166 g/mol. The Balaban J connectivity index is 2.89. The lowest BCUT2D eigenvalue weighted by Crippen LogP contribution is -2.28. The fraction of sp³-hybridized carbons (Fsp3) is 0.625. The lowest BCUT2D eigenvalue weighted by atomic mass is 9.93. The second-order valence-corrected chi connectivity index (χ2v) is 2.81. The lowest BCUT2D eigenvalue weighted by Gasteiger charge is -2.18. The minimum atomic E-state index is -0.359. The molecule has 0 bridgehead atoms. The van der Waals surface area contributed by atoms with Crippen LogP contribution in [0.25, 0.3) is 0 Å². The molecule has 1 aliphatic heterocycles. The third-order valence-electron chi connectivity index (χ3n) is 1.89. The molecular formula is C8H10N2O2. The molecule has 1 rings (SSSR count). The van der Waals surface area contributed by atoms with Gasteiger partial charge in [0.05, 0.1) is 13.2 Å². The van der Waals surface area contributed by atoms with Gasteiger partial charge in [0.15, 0.2) is 0 Å². The van der Waals surface area contributed by atoms with E-state index in [1.165, 1.54) is 7.11 Å². The molecule has 2 atom stereocenters. The van der Waals surface area contributed by atoms with Gasteiger partial charge >= 0.3 is 0 Å². The molecule has 1 aliphatic rings. The van der Waals surface area contributed by atoms with Crippen molar-refractivity contribution < 1.29 is 9.53 Å². The quantitative estimate of drug-likeness (QED) is 0.533. The number of methoxy groups -OCH3 is 1. The summed E-state index contributed by atoms with van der Waals surface area (Å²) in [6, 6.07) is 2.05. The van der Waals surface area contributed by atoms with E-state index in [1.54, 1.807) is 6.92 Å². The van der Waals surface area contributed by atoms with Crippen LogP contribution in [-0.4, -0.2) is 18.9 Å². The van der Waals surface area contributed by atoms with Crippen molar-refractivity contribution in [2.24, 2.45) is 16.8 Å². The van der Waals surface area contributed by atoms with E-state index >= 15 is 0 Å². The van der Waals surface area contributed by atoms with Gasteiger partial charge in [0.1, 0.15) is 5.92 Å². The van der Waals surface area contributed by atoms with Crippen LogP contribution in [0.3, 0.4) is 0 Å². The van der Waals surface area contributed by atoms with Crippen LogP contribution in [0.2, 0.25) is 0 Å². The Labute approximate surface area is 70.9 Å². The van der Waals surface area contributed by atoms with Gasteiger partial charge in [-0.2, -0.15) is 10.3 Å². The Morgan fingerprint density at radius 2 is 2.42 bits per heavy atom. The second kappa shape index (κ2) is 3.35. The highest BCUT2D eigenvalue weighted by Crippen LogP contribution is 2.20. The number of carbonyl (C=O) groups is 1. The average molecular weight is 166 g/mol. The van der Waals surface area contributed by atoms with Crippen molar-refractivity contribution in [3.8, 4) is 6.07 Å². The van der Waals surface area contributed by atoms with Gasteiger partial charge in [-0.25, -0.2) is 0 Å². The molecule has 12 heavy (non-hydrogen) atoms. The standard InChI is InChI=1S/C8H10N2O2/c1-5-3-6(4-9)8(12-2)10-7(5)11/h5-6H,3H2,1-2H3. The number of hydrogen-bond acceptors (Lipinski definition) is 3. The molecule has 1 heterocycles. The summed E-state index contributed by atoms with van der Waals surface area (Å²) in [5.74, 6) is -0.463. The number of aliphatic imine (C=N–C) groups is 1. The normalized spacial score (nSPS) is 29.1. The number of carbonyl (C=O) groups excluding carboxylic acids is 1. The fourth-order valence-electron chi connectivity index (χ4n) is 1.15. The van der Waals surface area contributed by atoms with Crippen LogP contribution < -0.4 is 0 Å². The molecule has 0 fully saturated rings. The smallest absolute Gasteiger partial charge is 0.251 e. The first-order valence-electron chi connectivity index (χ1n) is 3.75. The number of rotatable bonds is 0. The van der Waals surface area contributed by atoms with Crippen molar-refractivity contribution in [2.45, 2.75) is 13.3 Å². The summed E-state index contributed by atoms with van der Waals surface area (Å²) >= 11 is 0. The minimum absolute atomic E-state index is 0.159. The van der Waals surface area contributed by atoms with Crippen LogP contribution in [0.5, 0.6) is 0 Å². The van der Waals surface area contributed by atoms with E-state index < -0.39 is 0 Å². The summed E-state index contributed by atoms with van der Waals surface area (Å²) in [6.07, 6.45) is 0.516. The van der Waals surface area contributed by atoms with Gasteiger partial charge in [-0.1, -0.05) is 6.92 Å². The largest absolute Gasteiger partial charge is 0.483 e. The van der Waals surface area contributed by atoms with Gasteiger partial charge < -0.3 is 4.74 Å². The van der Waals surface area contributed by atoms with Crippen LogP contribution in [0, 0.1) is 23.2 Å². The number of nitrogens with zero attached hydrogens (tertiary/aromatic N) is 2. The molecule has 0 aromatic rings. The van der Waals surface area contributed by atoms with Gasteiger partial charge in [0.2, 0.25) is 5.90 Å². The summed E-state index contributed by atoms with van der Waals surface area (Å²) < 4.78 is 4.82. The Hall–Kier alpha value is -1.37. The molecule has 4 nitrogen and oxygen atoms in total. The molecule has 0 aliphatic carbocycles. The van der Waals surface area contributed by atoms with Crippen LogP contribution in [0.4, 0.5) is 0 Å².